The third-order valence-electron chi connectivity index (χ3n) is 3.19. The highest BCUT2D eigenvalue weighted by atomic mass is 16.7. The van der Waals surface area contributed by atoms with Crippen molar-refractivity contribution in [2.24, 2.45) is 0 Å². The fourth-order valence-electron chi connectivity index (χ4n) is 2.13. The van der Waals surface area contributed by atoms with Crippen LogP contribution in [0.25, 0.3) is 6.08 Å². The number of amides is 1. The molecule has 0 atom stereocenters. The Morgan fingerprint density at radius 3 is 2.86 bits per heavy atom. The topological polar surface area (TPSA) is 56.8 Å². The summed E-state index contributed by atoms with van der Waals surface area (Å²) < 4.78 is 15.7. The molecular formula is C17H15NO4. The van der Waals surface area contributed by atoms with Crippen LogP contribution < -0.4 is 19.5 Å². The standard InChI is InChI=1S/C17H15NO4/c1-20-14-5-3-2-4-12(14)6-9-17(19)18-13-7-8-15-16(10-13)22-11-21-15/h2-10H,11H2,1H3,(H,18,19)/b9-6+. The van der Waals surface area contributed by atoms with Gasteiger partial charge in [-0.3, -0.25) is 4.79 Å². The zero-order chi connectivity index (χ0) is 15.4. The molecule has 1 aliphatic rings. The highest BCUT2D eigenvalue weighted by molar-refractivity contribution is 6.02. The van der Waals surface area contributed by atoms with Crippen molar-refractivity contribution in [1.29, 1.82) is 0 Å². The summed E-state index contributed by atoms with van der Waals surface area (Å²) in [5.74, 6) is 1.80. The molecular weight excluding hydrogens is 282 g/mol. The van der Waals surface area contributed by atoms with Gasteiger partial charge in [0, 0.05) is 23.4 Å². The molecule has 3 rings (SSSR count). The summed E-state index contributed by atoms with van der Waals surface area (Å²) in [6, 6.07) is 12.8. The Bertz CT molecular complexity index is 724. The van der Waals surface area contributed by atoms with Gasteiger partial charge >= 0.3 is 0 Å². The first kappa shape index (κ1) is 14.0. The molecule has 1 N–H and O–H groups in total. The first-order valence-electron chi connectivity index (χ1n) is 6.78. The minimum Gasteiger partial charge on any atom is -0.496 e. The van der Waals surface area contributed by atoms with Crippen LogP contribution in [0.3, 0.4) is 0 Å². The maximum atomic E-state index is 12.0. The molecule has 5 nitrogen and oxygen atoms in total. The number of carbonyl (C=O) groups excluding carboxylic acids is 1. The predicted molar refractivity (Wildman–Crippen MR) is 83.2 cm³/mol. The molecule has 5 heteroatoms. The van der Waals surface area contributed by atoms with E-state index in [4.69, 9.17) is 14.2 Å². The van der Waals surface area contributed by atoms with Crippen LogP contribution in [0.15, 0.2) is 48.5 Å². The monoisotopic (exact) mass is 297 g/mol. The quantitative estimate of drug-likeness (QED) is 0.881. The maximum absolute atomic E-state index is 12.0. The van der Waals surface area contributed by atoms with Crippen LogP contribution in [0.5, 0.6) is 17.2 Å². The van der Waals surface area contributed by atoms with E-state index in [9.17, 15) is 4.79 Å². The van der Waals surface area contributed by atoms with Crippen LogP contribution in [0.2, 0.25) is 0 Å². The van der Waals surface area contributed by atoms with Gasteiger partial charge in [0.15, 0.2) is 11.5 Å². The van der Waals surface area contributed by atoms with E-state index < -0.39 is 0 Å². The molecule has 112 valence electrons. The molecule has 0 saturated heterocycles. The van der Waals surface area contributed by atoms with Crippen molar-refractivity contribution >= 4 is 17.7 Å². The van der Waals surface area contributed by atoms with Crippen LogP contribution in [0, 0.1) is 0 Å². The van der Waals surface area contributed by atoms with Crippen LogP contribution in [-0.2, 0) is 4.79 Å². The van der Waals surface area contributed by atoms with Gasteiger partial charge in [-0.1, -0.05) is 18.2 Å². The van der Waals surface area contributed by atoms with E-state index in [1.165, 1.54) is 6.08 Å². The van der Waals surface area contributed by atoms with Gasteiger partial charge in [-0.15, -0.1) is 0 Å². The first-order valence-corrected chi connectivity index (χ1v) is 6.78. The Morgan fingerprint density at radius 1 is 1.18 bits per heavy atom. The lowest BCUT2D eigenvalue weighted by molar-refractivity contribution is -0.111. The molecule has 0 saturated carbocycles. The Morgan fingerprint density at radius 2 is 2.00 bits per heavy atom. The second-order valence-corrected chi connectivity index (χ2v) is 4.63. The summed E-state index contributed by atoms with van der Waals surface area (Å²) in [6.07, 6.45) is 3.17. The van der Waals surface area contributed by atoms with E-state index in [1.54, 1.807) is 31.4 Å². The first-order chi connectivity index (χ1) is 10.8. The number of rotatable bonds is 4. The number of nitrogens with one attached hydrogen (secondary N) is 1. The number of benzene rings is 2. The number of methoxy groups -OCH3 is 1. The Kier molecular flexibility index (Phi) is 3.96. The molecule has 0 unspecified atom stereocenters. The smallest absolute Gasteiger partial charge is 0.248 e. The number of hydrogen-bond acceptors (Lipinski definition) is 4. The van der Waals surface area contributed by atoms with Crippen molar-refractivity contribution < 1.29 is 19.0 Å². The van der Waals surface area contributed by atoms with Gasteiger partial charge in [0.2, 0.25) is 12.7 Å². The van der Waals surface area contributed by atoms with Gasteiger partial charge in [0.05, 0.1) is 7.11 Å². The zero-order valence-corrected chi connectivity index (χ0v) is 12.0. The second-order valence-electron chi connectivity index (χ2n) is 4.63. The van der Waals surface area contributed by atoms with Crippen molar-refractivity contribution in [1.82, 2.24) is 0 Å². The lowest BCUT2D eigenvalue weighted by atomic mass is 10.2. The van der Waals surface area contributed by atoms with E-state index in [2.05, 4.69) is 5.32 Å². The number of anilines is 1. The number of fused-ring (bicyclic) bond motifs is 1. The number of para-hydroxylation sites is 1. The molecule has 2 aromatic rings. The molecule has 2 aromatic carbocycles. The lowest BCUT2D eigenvalue weighted by Crippen LogP contribution is -2.07. The van der Waals surface area contributed by atoms with Crippen LogP contribution in [0.1, 0.15) is 5.56 Å². The zero-order valence-electron chi connectivity index (χ0n) is 12.0. The summed E-state index contributed by atoms with van der Waals surface area (Å²) >= 11 is 0. The highest BCUT2D eigenvalue weighted by Gasteiger charge is 2.13. The van der Waals surface area contributed by atoms with Crippen molar-refractivity contribution in [2.45, 2.75) is 0 Å². The van der Waals surface area contributed by atoms with E-state index in [-0.39, 0.29) is 12.7 Å². The minimum atomic E-state index is -0.232. The molecule has 1 aliphatic heterocycles. The van der Waals surface area contributed by atoms with Gasteiger partial charge in [0.25, 0.3) is 0 Å². The fourth-order valence-corrected chi connectivity index (χ4v) is 2.13. The fraction of sp³-hybridized carbons (Fsp3) is 0.118. The van der Waals surface area contributed by atoms with E-state index in [1.807, 2.05) is 24.3 Å². The molecule has 0 aromatic heterocycles. The van der Waals surface area contributed by atoms with E-state index in [0.717, 1.165) is 11.3 Å². The second kappa shape index (κ2) is 6.22. The summed E-state index contributed by atoms with van der Waals surface area (Å²) in [4.78, 5) is 12.0. The molecule has 0 fully saturated rings. The van der Waals surface area contributed by atoms with Gasteiger partial charge in [0.1, 0.15) is 5.75 Å². The Hall–Kier alpha value is -2.95. The average Bonchev–Trinajstić information content (AvgIpc) is 3.01. The number of ether oxygens (including phenoxy) is 3. The number of carbonyl (C=O) groups is 1. The molecule has 1 heterocycles. The molecule has 0 bridgehead atoms. The maximum Gasteiger partial charge on any atom is 0.248 e. The molecule has 22 heavy (non-hydrogen) atoms. The van der Waals surface area contributed by atoms with E-state index >= 15 is 0 Å². The van der Waals surface area contributed by atoms with Crippen molar-refractivity contribution in [2.75, 3.05) is 19.2 Å². The molecule has 0 aliphatic carbocycles. The van der Waals surface area contributed by atoms with Crippen molar-refractivity contribution in [3.8, 4) is 17.2 Å². The van der Waals surface area contributed by atoms with Crippen LogP contribution >= 0.6 is 0 Å². The third-order valence-corrected chi connectivity index (χ3v) is 3.19. The molecule has 1 amide bonds. The molecule has 0 spiro atoms. The van der Waals surface area contributed by atoms with Crippen LogP contribution in [0.4, 0.5) is 5.69 Å². The largest absolute Gasteiger partial charge is 0.496 e. The predicted octanol–water partition coefficient (Wildman–Crippen LogP) is 3.08. The Balaban J connectivity index is 1.68. The third kappa shape index (κ3) is 3.03. The summed E-state index contributed by atoms with van der Waals surface area (Å²) in [5, 5.41) is 2.78. The number of hydrogen-bond donors (Lipinski definition) is 1. The van der Waals surface area contributed by atoms with Gasteiger partial charge in [-0.25, -0.2) is 0 Å². The van der Waals surface area contributed by atoms with Gasteiger partial charge < -0.3 is 19.5 Å². The van der Waals surface area contributed by atoms with Crippen LogP contribution in [-0.4, -0.2) is 19.8 Å². The van der Waals surface area contributed by atoms with E-state index in [0.29, 0.717) is 17.2 Å². The molecule has 0 radical (unpaired) electrons. The summed E-state index contributed by atoms with van der Waals surface area (Å²) in [6.45, 7) is 0.209. The summed E-state index contributed by atoms with van der Waals surface area (Å²) in [5.41, 5.74) is 1.49. The lowest BCUT2D eigenvalue weighted by Gasteiger charge is -2.05. The van der Waals surface area contributed by atoms with Crippen molar-refractivity contribution in [3.05, 3.63) is 54.1 Å². The average molecular weight is 297 g/mol. The normalized spacial score (nSPS) is 12.4. The highest BCUT2D eigenvalue weighted by Crippen LogP contribution is 2.34. The summed E-state index contributed by atoms with van der Waals surface area (Å²) in [7, 11) is 1.60. The SMILES string of the molecule is COc1ccccc1/C=C/C(=O)Nc1ccc2c(c1)OCO2. The Labute approximate surface area is 128 Å². The minimum absolute atomic E-state index is 0.209. The van der Waals surface area contributed by atoms with Gasteiger partial charge in [-0.05, 0) is 24.3 Å². The van der Waals surface area contributed by atoms with Gasteiger partial charge in [-0.2, -0.15) is 0 Å². The van der Waals surface area contributed by atoms with Crippen molar-refractivity contribution in [3.63, 3.8) is 0 Å².